The number of halogens is 1. The first kappa shape index (κ1) is 13.4. The predicted molar refractivity (Wildman–Crippen MR) is 71.3 cm³/mol. The summed E-state index contributed by atoms with van der Waals surface area (Å²) in [6.07, 6.45) is 0.442. The Hall–Kier alpha value is -0.680. The third-order valence-corrected chi connectivity index (χ3v) is 3.54. The molecule has 5 heteroatoms. The number of carbonyl (C=O) groups excluding carboxylic acids is 1. The zero-order chi connectivity index (χ0) is 12.0. The molecule has 0 unspecified atom stereocenters. The van der Waals surface area contributed by atoms with Crippen molar-refractivity contribution in [1.82, 2.24) is 0 Å². The zero-order valence-electron chi connectivity index (χ0n) is 9.03. The SMILES string of the molecule is COC(=O)CCSCc1ccc(Br)cc1N. The first-order valence-corrected chi connectivity index (χ1v) is 6.76. The number of ether oxygens (including phenoxy) is 1. The van der Waals surface area contributed by atoms with Gasteiger partial charge in [0, 0.05) is 21.7 Å². The van der Waals surface area contributed by atoms with Gasteiger partial charge in [-0.3, -0.25) is 4.79 Å². The Labute approximate surface area is 108 Å². The van der Waals surface area contributed by atoms with Gasteiger partial charge in [-0.25, -0.2) is 0 Å². The number of carbonyl (C=O) groups is 1. The molecule has 0 saturated carbocycles. The molecule has 0 amide bonds. The Morgan fingerprint density at radius 3 is 2.94 bits per heavy atom. The van der Waals surface area contributed by atoms with Gasteiger partial charge in [-0.15, -0.1) is 0 Å². The molecule has 0 aliphatic carbocycles. The fourth-order valence-electron chi connectivity index (χ4n) is 1.14. The van der Waals surface area contributed by atoms with Crippen molar-refractivity contribution in [3.8, 4) is 0 Å². The lowest BCUT2D eigenvalue weighted by atomic mass is 10.2. The molecule has 0 heterocycles. The van der Waals surface area contributed by atoms with Crippen molar-refractivity contribution in [3.05, 3.63) is 28.2 Å². The average Bonchev–Trinajstić information content (AvgIpc) is 2.26. The van der Waals surface area contributed by atoms with Gasteiger partial charge >= 0.3 is 5.97 Å². The number of hydrogen-bond acceptors (Lipinski definition) is 4. The molecule has 0 aliphatic heterocycles. The maximum absolute atomic E-state index is 10.9. The highest BCUT2D eigenvalue weighted by molar-refractivity contribution is 9.10. The van der Waals surface area contributed by atoms with Crippen LogP contribution in [0.25, 0.3) is 0 Å². The summed E-state index contributed by atoms with van der Waals surface area (Å²) in [5.41, 5.74) is 7.73. The molecule has 3 nitrogen and oxygen atoms in total. The van der Waals surface area contributed by atoms with E-state index in [1.54, 1.807) is 11.8 Å². The Bertz CT molecular complexity index is 371. The Morgan fingerprint density at radius 2 is 2.31 bits per heavy atom. The lowest BCUT2D eigenvalue weighted by Crippen LogP contribution is -2.01. The van der Waals surface area contributed by atoms with Gasteiger partial charge in [0.05, 0.1) is 13.5 Å². The number of thioether (sulfide) groups is 1. The number of benzene rings is 1. The summed E-state index contributed by atoms with van der Waals surface area (Å²) in [7, 11) is 1.40. The van der Waals surface area contributed by atoms with Gasteiger partial charge in [0.15, 0.2) is 0 Å². The van der Waals surface area contributed by atoms with E-state index in [0.29, 0.717) is 6.42 Å². The van der Waals surface area contributed by atoms with Gasteiger partial charge in [-0.05, 0) is 17.7 Å². The van der Waals surface area contributed by atoms with Crippen LogP contribution in [0.1, 0.15) is 12.0 Å². The summed E-state index contributed by atoms with van der Waals surface area (Å²) in [6.45, 7) is 0. The molecule has 1 aromatic rings. The number of nitrogens with two attached hydrogens (primary N) is 1. The van der Waals surface area contributed by atoms with Crippen LogP contribution in [0.4, 0.5) is 5.69 Å². The molecule has 0 aromatic heterocycles. The summed E-state index contributed by atoms with van der Waals surface area (Å²) in [6, 6.07) is 5.84. The monoisotopic (exact) mass is 303 g/mol. The highest BCUT2D eigenvalue weighted by Crippen LogP contribution is 2.22. The molecule has 1 aromatic carbocycles. The lowest BCUT2D eigenvalue weighted by molar-refractivity contribution is -0.140. The molecule has 0 atom stereocenters. The van der Waals surface area contributed by atoms with Crippen LogP contribution in [0.3, 0.4) is 0 Å². The molecule has 2 N–H and O–H groups in total. The van der Waals surface area contributed by atoms with Crippen molar-refractivity contribution >= 4 is 39.3 Å². The van der Waals surface area contributed by atoms with Crippen LogP contribution in [0.2, 0.25) is 0 Å². The number of rotatable bonds is 5. The maximum atomic E-state index is 10.9. The van der Waals surface area contributed by atoms with Gasteiger partial charge < -0.3 is 10.5 Å². The number of anilines is 1. The van der Waals surface area contributed by atoms with E-state index in [9.17, 15) is 4.79 Å². The predicted octanol–water partition coefficient (Wildman–Crippen LogP) is 2.83. The van der Waals surface area contributed by atoms with E-state index >= 15 is 0 Å². The van der Waals surface area contributed by atoms with Gasteiger partial charge in [-0.2, -0.15) is 11.8 Å². The minimum Gasteiger partial charge on any atom is -0.469 e. The Kier molecular flexibility index (Phi) is 5.69. The normalized spacial score (nSPS) is 10.1. The van der Waals surface area contributed by atoms with Crippen molar-refractivity contribution in [2.24, 2.45) is 0 Å². The lowest BCUT2D eigenvalue weighted by Gasteiger charge is -2.05. The van der Waals surface area contributed by atoms with Gasteiger partial charge in [0.1, 0.15) is 0 Å². The standard InChI is InChI=1S/C11H14BrNO2S/c1-15-11(14)4-5-16-7-8-2-3-9(12)6-10(8)13/h2-3,6H,4-5,7,13H2,1H3. The van der Waals surface area contributed by atoms with Gasteiger partial charge in [0.25, 0.3) is 0 Å². The third kappa shape index (κ3) is 4.45. The van der Waals surface area contributed by atoms with E-state index in [-0.39, 0.29) is 5.97 Å². The molecule has 0 fully saturated rings. The van der Waals surface area contributed by atoms with Crippen LogP contribution in [0.15, 0.2) is 22.7 Å². The highest BCUT2D eigenvalue weighted by Gasteiger charge is 2.02. The molecule has 1 rings (SSSR count). The number of hydrogen-bond donors (Lipinski definition) is 1. The third-order valence-electron chi connectivity index (χ3n) is 2.04. The number of esters is 1. The molecule has 88 valence electrons. The second-order valence-electron chi connectivity index (χ2n) is 3.22. The molecule has 0 aliphatic rings. The Balaban J connectivity index is 2.35. The van der Waals surface area contributed by atoms with Crippen LogP contribution in [-0.2, 0) is 15.3 Å². The van der Waals surface area contributed by atoms with Crippen LogP contribution >= 0.6 is 27.7 Å². The van der Waals surface area contributed by atoms with E-state index in [2.05, 4.69) is 20.7 Å². The van der Waals surface area contributed by atoms with Gasteiger partial charge in [-0.1, -0.05) is 22.0 Å². The molecular formula is C11H14BrNO2S. The molecule has 0 bridgehead atoms. The minimum atomic E-state index is -0.170. The second kappa shape index (κ2) is 6.81. The van der Waals surface area contributed by atoms with E-state index in [0.717, 1.165) is 27.2 Å². The zero-order valence-corrected chi connectivity index (χ0v) is 11.4. The second-order valence-corrected chi connectivity index (χ2v) is 5.24. The van der Waals surface area contributed by atoms with Crippen LogP contribution in [-0.4, -0.2) is 18.8 Å². The molecule has 16 heavy (non-hydrogen) atoms. The summed E-state index contributed by atoms with van der Waals surface area (Å²) in [4.78, 5) is 10.9. The van der Waals surface area contributed by atoms with Crippen molar-refractivity contribution in [2.45, 2.75) is 12.2 Å². The summed E-state index contributed by atoms with van der Waals surface area (Å²) in [5.74, 6) is 1.40. The first-order valence-electron chi connectivity index (χ1n) is 4.82. The quantitative estimate of drug-likeness (QED) is 0.516. The fourth-order valence-corrected chi connectivity index (χ4v) is 2.45. The average molecular weight is 304 g/mol. The van der Waals surface area contributed by atoms with Crippen LogP contribution in [0, 0.1) is 0 Å². The number of nitrogen functional groups attached to an aromatic ring is 1. The van der Waals surface area contributed by atoms with Gasteiger partial charge in [0.2, 0.25) is 0 Å². The summed E-state index contributed by atoms with van der Waals surface area (Å²) in [5, 5.41) is 0. The first-order chi connectivity index (χ1) is 7.63. The summed E-state index contributed by atoms with van der Waals surface area (Å²) >= 11 is 5.03. The minimum absolute atomic E-state index is 0.170. The maximum Gasteiger partial charge on any atom is 0.306 e. The summed E-state index contributed by atoms with van der Waals surface area (Å²) < 4.78 is 5.54. The molecular weight excluding hydrogens is 290 g/mol. The van der Waals surface area contributed by atoms with E-state index < -0.39 is 0 Å². The van der Waals surface area contributed by atoms with E-state index in [1.807, 2.05) is 18.2 Å². The Morgan fingerprint density at radius 1 is 1.56 bits per heavy atom. The van der Waals surface area contributed by atoms with E-state index in [4.69, 9.17) is 5.73 Å². The number of methoxy groups -OCH3 is 1. The van der Waals surface area contributed by atoms with Crippen molar-refractivity contribution in [2.75, 3.05) is 18.6 Å². The molecule has 0 spiro atoms. The fraction of sp³-hybridized carbons (Fsp3) is 0.364. The highest BCUT2D eigenvalue weighted by atomic mass is 79.9. The smallest absolute Gasteiger partial charge is 0.306 e. The van der Waals surface area contributed by atoms with Crippen LogP contribution in [0.5, 0.6) is 0 Å². The van der Waals surface area contributed by atoms with Crippen molar-refractivity contribution < 1.29 is 9.53 Å². The molecule has 0 radical (unpaired) electrons. The van der Waals surface area contributed by atoms with E-state index in [1.165, 1.54) is 7.11 Å². The van der Waals surface area contributed by atoms with Crippen LogP contribution < -0.4 is 5.73 Å². The topological polar surface area (TPSA) is 52.3 Å². The van der Waals surface area contributed by atoms with Crippen molar-refractivity contribution in [3.63, 3.8) is 0 Å². The largest absolute Gasteiger partial charge is 0.469 e. The van der Waals surface area contributed by atoms with Crippen molar-refractivity contribution in [1.29, 1.82) is 0 Å². The molecule has 0 saturated heterocycles.